The van der Waals surface area contributed by atoms with Crippen molar-refractivity contribution < 1.29 is 4.74 Å². The molecule has 0 atom stereocenters. The van der Waals surface area contributed by atoms with Crippen LogP contribution in [0.4, 0.5) is 5.00 Å². The minimum Gasteiger partial charge on any atom is -0.390 e. The minimum atomic E-state index is 0.417. The Kier molecular flexibility index (Phi) is 2.53. The lowest BCUT2D eigenvalue weighted by molar-refractivity contribution is -0.119. The van der Waals surface area contributed by atoms with E-state index in [0.717, 1.165) is 41.8 Å². The molecule has 3 heterocycles. The maximum atomic E-state index is 6.26. The molecule has 2 N–H and O–H groups in total. The zero-order valence-corrected chi connectivity index (χ0v) is 12.5. The molecule has 1 spiro atoms. The highest BCUT2D eigenvalue weighted by Gasteiger charge is 2.43. The summed E-state index contributed by atoms with van der Waals surface area (Å²) in [4.78, 5) is 6.08. The molecule has 1 aliphatic carbocycles. The number of rotatable bonds is 1. The summed E-state index contributed by atoms with van der Waals surface area (Å²) in [6, 6.07) is 0. The van der Waals surface area contributed by atoms with E-state index in [-0.39, 0.29) is 0 Å². The second-order valence-corrected chi connectivity index (χ2v) is 7.70. The molecule has 1 saturated heterocycles. The Morgan fingerprint density at radius 1 is 1.42 bits per heavy atom. The number of nitrogens with zero attached hydrogens (tertiary/aromatic N) is 1. The smallest absolute Gasteiger partial charge is 0.126 e. The van der Waals surface area contributed by atoms with Gasteiger partial charge >= 0.3 is 0 Å². The largest absolute Gasteiger partial charge is 0.390 e. The van der Waals surface area contributed by atoms with Gasteiger partial charge in [-0.15, -0.1) is 22.7 Å². The molecule has 2 aromatic rings. The fourth-order valence-corrected chi connectivity index (χ4v) is 5.34. The van der Waals surface area contributed by atoms with Gasteiger partial charge in [0.05, 0.1) is 18.2 Å². The number of anilines is 1. The Bertz CT molecular complexity index is 640. The number of nitrogen functional groups attached to an aromatic ring is 1. The van der Waals surface area contributed by atoms with Crippen LogP contribution in [-0.4, -0.2) is 18.2 Å². The van der Waals surface area contributed by atoms with Crippen molar-refractivity contribution in [1.29, 1.82) is 0 Å². The summed E-state index contributed by atoms with van der Waals surface area (Å²) in [6.07, 6.45) is 3.50. The average Bonchev–Trinajstić information content (AvgIpc) is 2.88. The molecule has 0 aromatic carbocycles. The van der Waals surface area contributed by atoms with Crippen LogP contribution < -0.4 is 5.73 Å². The van der Waals surface area contributed by atoms with Crippen LogP contribution >= 0.6 is 22.7 Å². The first-order valence-corrected chi connectivity index (χ1v) is 8.27. The number of hydrogen-bond acceptors (Lipinski definition) is 5. The molecule has 4 rings (SSSR count). The Hall–Kier alpha value is -0.910. The monoisotopic (exact) mass is 292 g/mol. The SMILES string of the molecule is Cc1csc(-c2c(N)sc3c2CCC2(COC2)C3)n1. The van der Waals surface area contributed by atoms with Gasteiger partial charge in [0.2, 0.25) is 0 Å². The van der Waals surface area contributed by atoms with E-state index in [9.17, 15) is 0 Å². The van der Waals surface area contributed by atoms with Crippen LogP contribution in [0.25, 0.3) is 10.6 Å². The molecule has 0 radical (unpaired) electrons. The van der Waals surface area contributed by atoms with Crippen LogP contribution in [0.2, 0.25) is 0 Å². The van der Waals surface area contributed by atoms with E-state index in [1.165, 1.54) is 22.4 Å². The molecule has 0 amide bonds. The van der Waals surface area contributed by atoms with Crippen molar-refractivity contribution >= 4 is 27.7 Å². The van der Waals surface area contributed by atoms with Crippen molar-refractivity contribution in [3.63, 3.8) is 0 Å². The zero-order chi connectivity index (χ0) is 13.0. The summed E-state index contributed by atoms with van der Waals surface area (Å²) in [5.74, 6) is 0. The third-order valence-electron chi connectivity index (χ3n) is 4.21. The molecule has 3 nitrogen and oxygen atoms in total. The van der Waals surface area contributed by atoms with Crippen molar-refractivity contribution in [2.24, 2.45) is 5.41 Å². The third-order valence-corrected chi connectivity index (χ3v) is 6.25. The van der Waals surface area contributed by atoms with Gasteiger partial charge in [-0.25, -0.2) is 4.98 Å². The molecule has 1 fully saturated rings. The van der Waals surface area contributed by atoms with Gasteiger partial charge in [0.25, 0.3) is 0 Å². The number of thiophene rings is 1. The maximum Gasteiger partial charge on any atom is 0.126 e. The standard InChI is InChI=1S/C14H16N2OS2/c1-8-5-18-13(16-8)11-9-2-3-14(6-17-7-14)4-10(9)19-12(11)15/h5H,2-4,6-7,15H2,1H3. The van der Waals surface area contributed by atoms with Crippen molar-refractivity contribution in [1.82, 2.24) is 4.98 Å². The van der Waals surface area contributed by atoms with Crippen LogP contribution in [0, 0.1) is 12.3 Å². The molecule has 1 aliphatic heterocycles. The predicted molar refractivity (Wildman–Crippen MR) is 79.9 cm³/mol. The molecule has 100 valence electrons. The van der Waals surface area contributed by atoms with Gasteiger partial charge < -0.3 is 10.5 Å². The lowest BCUT2D eigenvalue weighted by atomic mass is 9.72. The molecule has 2 aliphatic rings. The minimum absolute atomic E-state index is 0.417. The summed E-state index contributed by atoms with van der Waals surface area (Å²) in [6.45, 7) is 3.89. The molecular weight excluding hydrogens is 276 g/mol. The van der Waals surface area contributed by atoms with Gasteiger partial charge in [-0.2, -0.15) is 0 Å². The molecule has 19 heavy (non-hydrogen) atoms. The quantitative estimate of drug-likeness (QED) is 0.877. The van der Waals surface area contributed by atoms with Gasteiger partial charge in [-0.3, -0.25) is 0 Å². The summed E-state index contributed by atoms with van der Waals surface area (Å²) >= 11 is 3.47. The summed E-state index contributed by atoms with van der Waals surface area (Å²) in [5, 5.41) is 4.13. The third kappa shape index (κ3) is 1.75. The Labute approximate surface area is 120 Å². The number of ether oxygens (including phenoxy) is 1. The van der Waals surface area contributed by atoms with Gasteiger partial charge in [0.1, 0.15) is 5.01 Å². The van der Waals surface area contributed by atoms with Gasteiger partial charge in [0.15, 0.2) is 0 Å². The number of aryl methyl sites for hydroxylation is 1. The van der Waals surface area contributed by atoms with Crippen LogP contribution in [0.1, 0.15) is 22.6 Å². The average molecular weight is 292 g/mol. The lowest BCUT2D eigenvalue weighted by Crippen LogP contribution is -2.46. The van der Waals surface area contributed by atoms with Crippen molar-refractivity contribution in [2.75, 3.05) is 18.9 Å². The van der Waals surface area contributed by atoms with E-state index in [0.29, 0.717) is 5.41 Å². The van der Waals surface area contributed by atoms with Crippen molar-refractivity contribution in [3.8, 4) is 10.6 Å². The first kappa shape index (κ1) is 11.9. The number of fused-ring (bicyclic) bond motifs is 1. The highest BCUT2D eigenvalue weighted by molar-refractivity contribution is 7.18. The fraction of sp³-hybridized carbons (Fsp3) is 0.500. The maximum absolute atomic E-state index is 6.26. The van der Waals surface area contributed by atoms with E-state index in [1.807, 2.05) is 6.92 Å². The second kappa shape index (κ2) is 4.04. The lowest BCUT2D eigenvalue weighted by Gasteiger charge is -2.44. The Balaban J connectivity index is 1.78. The number of nitrogens with two attached hydrogens (primary N) is 1. The Morgan fingerprint density at radius 2 is 2.26 bits per heavy atom. The van der Waals surface area contributed by atoms with Crippen LogP contribution in [-0.2, 0) is 17.6 Å². The highest BCUT2D eigenvalue weighted by Crippen LogP contribution is 2.49. The molecule has 5 heteroatoms. The van der Waals surface area contributed by atoms with Gasteiger partial charge in [0, 0.05) is 26.9 Å². The summed E-state index contributed by atoms with van der Waals surface area (Å²) in [7, 11) is 0. The van der Waals surface area contributed by atoms with E-state index >= 15 is 0 Å². The summed E-state index contributed by atoms with van der Waals surface area (Å²) in [5.41, 5.74) is 10.4. The molecule has 2 aromatic heterocycles. The summed E-state index contributed by atoms with van der Waals surface area (Å²) < 4.78 is 5.42. The first-order chi connectivity index (χ1) is 9.17. The topological polar surface area (TPSA) is 48.1 Å². The van der Waals surface area contributed by atoms with Crippen LogP contribution in [0.3, 0.4) is 0 Å². The van der Waals surface area contributed by atoms with E-state index in [2.05, 4.69) is 10.4 Å². The number of aromatic nitrogens is 1. The predicted octanol–water partition coefficient (Wildman–Crippen LogP) is 3.27. The molecule has 0 unspecified atom stereocenters. The first-order valence-electron chi connectivity index (χ1n) is 6.57. The Morgan fingerprint density at radius 3 is 2.89 bits per heavy atom. The van der Waals surface area contributed by atoms with E-state index in [1.54, 1.807) is 22.7 Å². The molecular formula is C14H16N2OS2. The fourth-order valence-electron chi connectivity index (χ4n) is 3.10. The molecule has 0 saturated carbocycles. The number of thiazole rings is 1. The zero-order valence-electron chi connectivity index (χ0n) is 10.9. The van der Waals surface area contributed by atoms with E-state index in [4.69, 9.17) is 10.5 Å². The van der Waals surface area contributed by atoms with Gasteiger partial charge in [-0.05, 0) is 31.7 Å². The van der Waals surface area contributed by atoms with Crippen molar-refractivity contribution in [2.45, 2.75) is 26.2 Å². The van der Waals surface area contributed by atoms with Crippen LogP contribution in [0.15, 0.2) is 5.38 Å². The highest BCUT2D eigenvalue weighted by atomic mass is 32.1. The van der Waals surface area contributed by atoms with Crippen molar-refractivity contribution in [3.05, 3.63) is 21.5 Å². The van der Waals surface area contributed by atoms with Gasteiger partial charge in [-0.1, -0.05) is 0 Å². The normalized spacial score (nSPS) is 20.3. The number of hydrogen-bond donors (Lipinski definition) is 1. The van der Waals surface area contributed by atoms with E-state index < -0.39 is 0 Å². The molecule has 0 bridgehead atoms. The van der Waals surface area contributed by atoms with Crippen LogP contribution in [0.5, 0.6) is 0 Å². The second-order valence-electron chi connectivity index (χ2n) is 5.71.